The first kappa shape index (κ1) is 16.3. The SMILES string of the molecule is CCOC1CC(NCCN(C)C(C)C)C12CCCCC2. The molecule has 0 aromatic heterocycles. The number of hydrogen-bond acceptors (Lipinski definition) is 3. The van der Waals surface area contributed by atoms with Crippen LogP contribution < -0.4 is 5.32 Å². The van der Waals surface area contributed by atoms with E-state index >= 15 is 0 Å². The van der Waals surface area contributed by atoms with E-state index in [2.05, 4.69) is 38.0 Å². The number of nitrogens with one attached hydrogen (secondary N) is 1. The first-order chi connectivity index (χ1) is 9.60. The van der Waals surface area contributed by atoms with Crippen molar-refractivity contribution in [2.45, 2.75) is 77.5 Å². The molecule has 2 aliphatic carbocycles. The maximum absolute atomic E-state index is 6.02. The van der Waals surface area contributed by atoms with Crippen LogP contribution in [0, 0.1) is 5.41 Å². The summed E-state index contributed by atoms with van der Waals surface area (Å²) in [4.78, 5) is 2.42. The lowest BCUT2D eigenvalue weighted by Crippen LogP contribution is -2.65. The van der Waals surface area contributed by atoms with Gasteiger partial charge in [-0.05, 0) is 47.1 Å². The van der Waals surface area contributed by atoms with Gasteiger partial charge in [-0.2, -0.15) is 0 Å². The summed E-state index contributed by atoms with van der Waals surface area (Å²) in [6.45, 7) is 9.78. The van der Waals surface area contributed by atoms with Crippen molar-refractivity contribution in [2.75, 3.05) is 26.7 Å². The average Bonchev–Trinajstić information content (AvgIpc) is 2.46. The largest absolute Gasteiger partial charge is 0.378 e. The number of nitrogens with zero attached hydrogens (tertiary/aromatic N) is 1. The summed E-state index contributed by atoms with van der Waals surface area (Å²) >= 11 is 0. The van der Waals surface area contributed by atoms with Crippen LogP contribution in [0.25, 0.3) is 0 Å². The van der Waals surface area contributed by atoms with E-state index in [1.807, 2.05) is 0 Å². The number of rotatable bonds is 7. The maximum atomic E-state index is 6.02. The van der Waals surface area contributed by atoms with E-state index in [0.29, 0.717) is 23.6 Å². The molecule has 3 nitrogen and oxygen atoms in total. The van der Waals surface area contributed by atoms with Crippen molar-refractivity contribution >= 4 is 0 Å². The zero-order valence-corrected chi connectivity index (χ0v) is 14.0. The summed E-state index contributed by atoms with van der Waals surface area (Å²) in [5.41, 5.74) is 0.463. The highest BCUT2D eigenvalue weighted by Gasteiger charge is 2.55. The highest BCUT2D eigenvalue weighted by atomic mass is 16.5. The molecule has 0 amide bonds. The van der Waals surface area contributed by atoms with Crippen molar-refractivity contribution in [3.05, 3.63) is 0 Å². The molecule has 0 aromatic carbocycles. The van der Waals surface area contributed by atoms with Crippen molar-refractivity contribution < 1.29 is 4.74 Å². The second kappa shape index (κ2) is 7.24. The summed E-state index contributed by atoms with van der Waals surface area (Å²) in [5, 5.41) is 3.83. The van der Waals surface area contributed by atoms with Gasteiger partial charge >= 0.3 is 0 Å². The summed E-state index contributed by atoms with van der Waals surface area (Å²) in [6, 6.07) is 1.33. The molecular formula is C17H34N2O. The molecule has 0 aliphatic heterocycles. The number of ether oxygens (including phenoxy) is 1. The molecule has 20 heavy (non-hydrogen) atoms. The zero-order chi connectivity index (χ0) is 14.6. The van der Waals surface area contributed by atoms with Gasteiger partial charge in [0, 0.05) is 37.2 Å². The van der Waals surface area contributed by atoms with Crippen LogP contribution in [0.2, 0.25) is 0 Å². The van der Waals surface area contributed by atoms with Gasteiger partial charge in [0.25, 0.3) is 0 Å². The summed E-state index contributed by atoms with van der Waals surface area (Å²) < 4.78 is 6.02. The molecule has 0 saturated heterocycles. The molecule has 118 valence electrons. The Morgan fingerprint density at radius 1 is 1.25 bits per heavy atom. The first-order valence-corrected chi connectivity index (χ1v) is 8.65. The summed E-state index contributed by atoms with van der Waals surface area (Å²) in [7, 11) is 2.21. The minimum absolute atomic E-state index is 0.463. The third kappa shape index (κ3) is 3.37. The first-order valence-electron chi connectivity index (χ1n) is 8.65. The lowest BCUT2D eigenvalue weighted by atomic mass is 9.55. The third-order valence-corrected chi connectivity index (χ3v) is 5.67. The fraction of sp³-hybridized carbons (Fsp3) is 1.00. The van der Waals surface area contributed by atoms with E-state index in [-0.39, 0.29) is 0 Å². The normalized spacial score (nSPS) is 29.1. The Balaban J connectivity index is 1.82. The molecule has 2 fully saturated rings. The lowest BCUT2D eigenvalue weighted by Gasteiger charge is -2.58. The van der Waals surface area contributed by atoms with Gasteiger partial charge in [0.05, 0.1) is 6.10 Å². The smallest absolute Gasteiger partial charge is 0.0661 e. The molecule has 2 aliphatic rings. The molecule has 0 aromatic rings. The molecule has 0 heterocycles. The van der Waals surface area contributed by atoms with Crippen molar-refractivity contribution in [3.8, 4) is 0 Å². The highest BCUT2D eigenvalue weighted by molar-refractivity contribution is 5.08. The highest BCUT2D eigenvalue weighted by Crippen LogP contribution is 2.53. The fourth-order valence-electron chi connectivity index (χ4n) is 4.02. The van der Waals surface area contributed by atoms with E-state index < -0.39 is 0 Å². The predicted octanol–water partition coefficient (Wildman–Crippen LogP) is 3.04. The minimum Gasteiger partial charge on any atom is -0.378 e. The van der Waals surface area contributed by atoms with Gasteiger partial charge in [0.1, 0.15) is 0 Å². The van der Waals surface area contributed by atoms with Crippen molar-refractivity contribution in [1.82, 2.24) is 10.2 Å². The second-order valence-electron chi connectivity index (χ2n) is 7.05. The Morgan fingerprint density at radius 2 is 1.95 bits per heavy atom. The second-order valence-corrected chi connectivity index (χ2v) is 7.05. The van der Waals surface area contributed by atoms with Crippen molar-refractivity contribution in [1.29, 1.82) is 0 Å². The molecule has 0 bridgehead atoms. The Bertz CT molecular complexity index is 287. The summed E-state index contributed by atoms with van der Waals surface area (Å²) in [5.74, 6) is 0. The number of likely N-dealkylation sites (N-methyl/N-ethyl adjacent to an activating group) is 1. The van der Waals surface area contributed by atoms with Gasteiger partial charge in [-0.25, -0.2) is 0 Å². The maximum Gasteiger partial charge on any atom is 0.0661 e. The van der Waals surface area contributed by atoms with Crippen LogP contribution in [-0.2, 0) is 4.74 Å². The van der Waals surface area contributed by atoms with E-state index in [1.165, 1.54) is 38.5 Å². The Kier molecular flexibility index (Phi) is 5.88. The molecule has 2 rings (SSSR count). The van der Waals surface area contributed by atoms with Gasteiger partial charge < -0.3 is 15.0 Å². The topological polar surface area (TPSA) is 24.5 Å². The van der Waals surface area contributed by atoms with Crippen LogP contribution in [-0.4, -0.2) is 49.8 Å². The van der Waals surface area contributed by atoms with Gasteiger partial charge in [0.2, 0.25) is 0 Å². The Morgan fingerprint density at radius 3 is 2.55 bits per heavy atom. The van der Waals surface area contributed by atoms with Gasteiger partial charge in [0.15, 0.2) is 0 Å². The molecule has 3 heteroatoms. The molecule has 1 spiro atoms. The molecule has 1 N–H and O–H groups in total. The van der Waals surface area contributed by atoms with Crippen LogP contribution in [0.3, 0.4) is 0 Å². The van der Waals surface area contributed by atoms with Gasteiger partial charge in [-0.3, -0.25) is 0 Å². The molecule has 0 radical (unpaired) electrons. The standard InChI is InChI=1S/C17H34N2O/c1-5-20-16-13-15(17(16)9-7-6-8-10-17)18-11-12-19(4)14(2)3/h14-16,18H,5-13H2,1-4H3. The molecule has 2 unspecified atom stereocenters. The van der Waals surface area contributed by atoms with Crippen LogP contribution >= 0.6 is 0 Å². The average molecular weight is 282 g/mol. The quantitative estimate of drug-likeness (QED) is 0.777. The van der Waals surface area contributed by atoms with Crippen molar-refractivity contribution in [2.24, 2.45) is 5.41 Å². The minimum atomic E-state index is 0.463. The zero-order valence-electron chi connectivity index (χ0n) is 14.0. The predicted molar refractivity (Wildman–Crippen MR) is 85.1 cm³/mol. The van der Waals surface area contributed by atoms with E-state index in [9.17, 15) is 0 Å². The molecular weight excluding hydrogens is 248 g/mol. The third-order valence-electron chi connectivity index (χ3n) is 5.67. The monoisotopic (exact) mass is 282 g/mol. The van der Waals surface area contributed by atoms with Gasteiger partial charge in [-0.1, -0.05) is 19.3 Å². The van der Waals surface area contributed by atoms with E-state index in [4.69, 9.17) is 4.74 Å². The summed E-state index contributed by atoms with van der Waals surface area (Å²) in [6.07, 6.45) is 8.70. The van der Waals surface area contributed by atoms with Crippen LogP contribution in [0.5, 0.6) is 0 Å². The molecule has 2 atom stereocenters. The molecule has 2 saturated carbocycles. The Labute approximate surface area is 125 Å². The number of hydrogen-bond donors (Lipinski definition) is 1. The van der Waals surface area contributed by atoms with Crippen LogP contribution in [0.1, 0.15) is 59.3 Å². The van der Waals surface area contributed by atoms with Crippen molar-refractivity contribution in [3.63, 3.8) is 0 Å². The lowest BCUT2D eigenvalue weighted by molar-refractivity contribution is -0.150. The fourth-order valence-corrected chi connectivity index (χ4v) is 4.02. The van der Waals surface area contributed by atoms with Crippen LogP contribution in [0.4, 0.5) is 0 Å². The van der Waals surface area contributed by atoms with E-state index in [1.54, 1.807) is 0 Å². The van der Waals surface area contributed by atoms with Crippen LogP contribution in [0.15, 0.2) is 0 Å². The van der Waals surface area contributed by atoms with Gasteiger partial charge in [-0.15, -0.1) is 0 Å². The Hall–Kier alpha value is -0.120. The van der Waals surface area contributed by atoms with E-state index in [0.717, 1.165) is 19.7 Å².